The number of nitrogens with zero attached hydrogens (tertiary/aromatic N) is 2. The van der Waals surface area contributed by atoms with Crippen molar-refractivity contribution >= 4 is 27.5 Å². The minimum Gasteiger partial charge on any atom is -0.405 e. The Morgan fingerprint density at radius 2 is 1.86 bits per heavy atom. The van der Waals surface area contributed by atoms with E-state index in [2.05, 4.69) is 42.8 Å². The molecule has 2 aromatic rings. The highest BCUT2D eigenvalue weighted by Gasteiger charge is 2.32. The van der Waals surface area contributed by atoms with Crippen molar-refractivity contribution in [2.75, 3.05) is 38.5 Å². The summed E-state index contributed by atoms with van der Waals surface area (Å²) in [6.45, 7) is 4.69. The molecule has 9 heteroatoms. The van der Waals surface area contributed by atoms with Gasteiger partial charge in [0, 0.05) is 50.0 Å². The summed E-state index contributed by atoms with van der Waals surface area (Å²) in [7, 11) is 2.09. The largest absolute Gasteiger partial charge is 0.573 e. The Labute approximate surface area is 175 Å². The molecule has 1 aliphatic heterocycles. The van der Waals surface area contributed by atoms with Crippen molar-refractivity contribution in [3.05, 3.63) is 58.1 Å². The number of hydrogen-bond donors (Lipinski definition) is 1. The molecule has 0 radical (unpaired) electrons. The molecule has 1 N–H and O–H groups in total. The van der Waals surface area contributed by atoms with Crippen LogP contribution in [0.2, 0.25) is 0 Å². The van der Waals surface area contributed by atoms with Crippen LogP contribution in [0.4, 0.5) is 18.9 Å². The molecule has 156 valence electrons. The molecule has 0 unspecified atom stereocenters. The van der Waals surface area contributed by atoms with Crippen LogP contribution in [0.15, 0.2) is 46.9 Å². The first-order chi connectivity index (χ1) is 13.7. The van der Waals surface area contributed by atoms with Crippen molar-refractivity contribution in [2.24, 2.45) is 0 Å². The Bertz CT molecular complexity index is 868. The maximum Gasteiger partial charge on any atom is 0.573 e. The van der Waals surface area contributed by atoms with Crippen LogP contribution in [0.5, 0.6) is 5.75 Å². The van der Waals surface area contributed by atoms with Gasteiger partial charge in [0.05, 0.1) is 4.47 Å². The fourth-order valence-corrected chi connectivity index (χ4v) is 3.39. The van der Waals surface area contributed by atoms with Crippen LogP contribution in [-0.2, 0) is 6.54 Å². The molecule has 5 nitrogen and oxygen atoms in total. The van der Waals surface area contributed by atoms with E-state index in [1.807, 2.05) is 6.07 Å². The van der Waals surface area contributed by atoms with Crippen molar-refractivity contribution in [3.8, 4) is 5.75 Å². The predicted octanol–water partition coefficient (Wildman–Crippen LogP) is 4.35. The highest BCUT2D eigenvalue weighted by molar-refractivity contribution is 9.10. The second kappa shape index (κ2) is 9.15. The Kier molecular flexibility index (Phi) is 6.81. The number of halogens is 4. The van der Waals surface area contributed by atoms with Gasteiger partial charge in [-0.25, -0.2) is 0 Å². The summed E-state index contributed by atoms with van der Waals surface area (Å²) in [5, 5.41) is 2.62. The smallest absolute Gasteiger partial charge is 0.405 e. The highest BCUT2D eigenvalue weighted by Crippen LogP contribution is 2.32. The van der Waals surface area contributed by atoms with Gasteiger partial charge in [-0.2, -0.15) is 0 Å². The van der Waals surface area contributed by atoms with Gasteiger partial charge in [-0.05, 0) is 52.8 Å². The number of benzene rings is 2. The molecule has 1 amide bonds. The van der Waals surface area contributed by atoms with E-state index in [9.17, 15) is 18.0 Å². The number of carbonyl (C=O) groups excluding carboxylic acids is 1. The van der Waals surface area contributed by atoms with E-state index in [1.54, 1.807) is 18.2 Å². The molecule has 1 heterocycles. The molecule has 0 aliphatic carbocycles. The number of anilines is 1. The molecule has 1 aliphatic rings. The number of hydrogen-bond acceptors (Lipinski definition) is 4. The van der Waals surface area contributed by atoms with Gasteiger partial charge in [-0.15, -0.1) is 13.2 Å². The molecule has 2 aromatic carbocycles. The quantitative estimate of drug-likeness (QED) is 0.703. The lowest BCUT2D eigenvalue weighted by Gasteiger charge is -2.32. The molecular weight excluding hydrogens is 451 g/mol. The third-order valence-corrected chi connectivity index (χ3v) is 5.26. The lowest BCUT2D eigenvalue weighted by atomic mass is 10.1. The summed E-state index contributed by atoms with van der Waals surface area (Å²) >= 11 is 3.01. The topological polar surface area (TPSA) is 44.8 Å². The third-order valence-electron chi connectivity index (χ3n) is 4.61. The zero-order valence-corrected chi connectivity index (χ0v) is 17.4. The summed E-state index contributed by atoms with van der Waals surface area (Å²) < 4.78 is 41.6. The number of carbonyl (C=O) groups is 1. The summed E-state index contributed by atoms with van der Waals surface area (Å²) in [6.07, 6.45) is -4.82. The highest BCUT2D eigenvalue weighted by atomic mass is 79.9. The average molecular weight is 472 g/mol. The van der Waals surface area contributed by atoms with Crippen molar-refractivity contribution < 1.29 is 22.7 Å². The Morgan fingerprint density at radius 1 is 1.14 bits per heavy atom. The van der Waals surface area contributed by atoms with Gasteiger partial charge in [0.2, 0.25) is 0 Å². The van der Waals surface area contributed by atoms with Crippen molar-refractivity contribution in [1.82, 2.24) is 9.80 Å². The van der Waals surface area contributed by atoms with Crippen LogP contribution in [0.25, 0.3) is 0 Å². The van der Waals surface area contributed by atoms with E-state index < -0.39 is 18.0 Å². The predicted molar refractivity (Wildman–Crippen MR) is 108 cm³/mol. The summed E-state index contributed by atoms with van der Waals surface area (Å²) in [5.74, 6) is -0.815. The van der Waals surface area contributed by atoms with Crippen LogP contribution < -0.4 is 10.1 Å². The van der Waals surface area contributed by atoms with E-state index >= 15 is 0 Å². The van der Waals surface area contributed by atoms with E-state index in [4.69, 9.17) is 0 Å². The summed E-state index contributed by atoms with van der Waals surface area (Å²) in [5.41, 5.74) is 1.67. The minimum absolute atomic E-state index is 0.141. The number of rotatable bonds is 5. The zero-order valence-electron chi connectivity index (χ0n) is 15.8. The molecule has 3 rings (SSSR count). The molecule has 0 aromatic heterocycles. The van der Waals surface area contributed by atoms with Gasteiger partial charge < -0.3 is 15.0 Å². The maximum absolute atomic E-state index is 12.6. The first kappa shape index (κ1) is 21.6. The summed E-state index contributed by atoms with van der Waals surface area (Å²) in [6, 6.07) is 11.3. The second-order valence-electron chi connectivity index (χ2n) is 6.93. The van der Waals surface area contributed by atoms with Gasteiger partial charge >= 0.3 is 6.36 Å². The average Bonchev–Trinajstić information content (AvgIpc) is 2.65. The standard InChI is InChI=1S/C20H21BrF3N3O2/c1-26-7-9-27(10-8-26)13-14-3-2-4-15(11-14)19(28)25-16-5-6-17(21)18(12-16)29-20(22,23)24/h2-6,11-12H,7-10,13H2,1H3,(H,25,28). The number of alkyl halides is 3. The summed E-state index contributed by atoms with van der Waals surface area (Å²) in [4.78, 5) is 17.2. The van der Waals surface area contributed by atoms with E-state index in [0.29, 0.717) is 5.56 Å². The molecule has 0 bridgehead atoms. The molecule has 0 spiro atoms. The zero-order chi connectivity index (χ0) is 21.0. The first-order valence-corrected chi connectivity index (χ1v) is 9.85. The maximum atomic E-state index is 12.6. The lowest BCUT2D eigenvalue weighted by molar-refractivity contribution is -0.274. The Hall–Kier alpha value is -2.10. The van der Waals surface area contributed by atoms with Gasteiger partial charge in [-0.3, -0.25) is 9.69 Å². The van der Waals surface area contributed by atoms with Crippen LogP contribution in [0.1, 0.15) is 15.9 Å². The van der Waals surface area contributed by atoms with Crippen molar-refractivity contribution in [1.29, 1.82) is 0 Å². The fraction of sp³-hybridized carbons (Fsp3) is 0.350. The lowest BCUT2D eigenvalue weighted by Crippen LogP contribution is -2.43. The van der Waals surface area contributed by atoms with Gasteiger partial charge in [0.1, 0.15) is 5.75 Å². The SMILES string of the molecule is CN1CCN(Cc2cccc(C(=O)Nc3ccc(Br)c(OC(F)(F)F)c3)c2)CC1. The molecule has 0 atom stereocenters. The Morgan fingerprint density at radius 3 is 2.55 bits per heavy atom. The van der Waals surface area contributed by atoms with E-state index in [1.165, 1.54) is 12.1 Å². The second-order valence-corrected chi connectivity index (χ2v) is 7.78. The van der Waals surface area contributed by atoms with Crippen LogP contribution >= 0.6 is 15.9 Å². The van der Waals surface area contributed by atoms with Gasteiger partial charge in [0.25, 0.3) is 5.91 Å². The van der Waals surface area contributed by atoms with Crippen LogP contribution in [0.3, 0.4) is 0 Å². The molecular formula is C20H21BrF3N3O2. The number of piperazine rings is 1. The minimum atomic E-state index is -4.82. The monoisotopic (exact) mass is 471 g/mol. The van der Waals surface area contributed by atoms with Gasteiger partial charge in [-0.1, -0.05) is 12.1 Å². The van der Waals surface area contributed by atoms with Crippen LogP contribution in [-0.4, -0.2) is 55.3 Å². The van der Waals surface area contributed by atoms with E-state index in [-0.39, 0.29) is 10.2 Å². The molecule has 1 fully saturated rings. The normalized spacial score (nSPS) is 15.9. The number of likely N-dealkylation sites (N-methyl/N-ethyl adjacent to an activating group) is 1. The number of ether oxygens (including phenoxy) is 1. The third kappa shape index (κ3) is 6.45. The first-order valence-electron chi connectivity index (χ1n) is 9.06. The number of nitrogens with one attached hydrogen (secondary N) is 1. The molecule has 1 saturated heterocycles. The van der Waals surface area contributed by atoms with Crippen LogP contribution in [0, 0.1) is 0 Å². The van der Waals surface area contributed by atoms with Crippen molar-refractivity contribution in [2.45, 2.75) is 12.9 Å². The Balaban J connectivity index is 1.67. The fourth-order valence-electron chi connectivity index (χ4n) is 3.06. The van der Waals surface area contributed by atoms with Gasteiger partial charge in [0.15, 0.2) is 0 Å². The molecule has 0 saturated carbocycles. The van der Waals surface area contributed by atoms with Crippen molar-refractivity contribution in [3.63, 3.8) is 0 Å². The van der Waals surface area contributed by atoms with E-state index in [0.717, 1.165) is 44.4 Å². The number of amides is 1. The molecule has 29 heavy (non-hydrogen) atoms.